The number of carbonyl (C=O) groups excluding carboxylic acids is 2. The molecule has 4 rings (SSSR count). The topological polar surface area (TPSA) is 99.3 Å². The molecule has 2 heterocycles. The molecule has 0 unspecified atom stereocenters. The minimum atomic E-state index is -0.467. The van der Waals surface area contributed by atoms with Gasteiger partial charge in [0, 0.05) is 10.9 Å². The monoisotopic (exact) mass is 384 g/mol. The van der Waals surface area contributed by atoms with E-state index in [2.05, 4.69) is 10.3 Å². The maximum absolute atomic E-state index is 12.5. The van der Waals surface area contributed by atoms with Crippen LogP contribution in [0.25, 0.3) is 17.0 Å². The molecule has 1 amide bonds. The molecule has 1 aromatic heterocycles. The van der Waals surface area contributed by atoms with Gasteiger partial charge >= 0.3 is 0 Å². The van der Waals surface area contributed by atoms with Crippen LogP contribution >= 0.6 is 0 Å². The van der Waals surface area contributed by atoms with Crippen molar-refractivity contribution < 1.29 is 14.7 Å². The Kier molecular flexibility index (Phi) is 4.66. The van der Waals surface area contributed by atoms with Crippen LogP contribution in [0.4, 0.5) is 5.69 Å². The fourth-order valence-electron chi connectivity index (χ4n) is 3.14. The van der Waals surface area contributed by atoms with E-state index < -0.39 is 11.5 Å². The van der Waals surface area contributed by atoms with Crippen LogP contribution in [0.3, 0.4) is 0 Å². The molecule has 29 heavy (non-hydrogen) atoms. The second-order valence-corrected chi connectivity index (χ2v) is 6.42. The zero-order chi connectivity index (χ0) is 20.4. The number of Topliss-reactive ketones (excluding diaryl/α,β-unsaturated/α-hetero) is 1. The number of amides is 1. The van der Waals surface area contributed by atoms with Crippen molar-refractivity contribution in [3.8, 4) is 5.75 Å². The number of fused-ring (bicyclic) bond motifs is 2. The number of aromatic amines is 1. The normalized spacial score (nSPS) is 15.4. The molecule has 2 aromatic carbocycles. The molecule has 0 aliphatic carbocycles. The number of para-hydroxylation sites is 2. The average Bonchev–Trinajstić information content (AvgIpc) is 2.72. The van der Waals surface area contributed by atoms with Gasteiger partial charge in [-0.15, -0.1) is 0 Å². The number of allylic oxidation sites excluding steroid dienone is 4. The lowest BCUT2D eigenvalue weighted by Gasteiger charge is -2.17. The lowest BCUT2D eigenvalue weighted by atomic mass is 9.96. The first-order valence-electron chi connectivity index (χ1n) is 8.90. The zero-order valence-corrected chi connectivity index (χ0v) is 15.2. The van der Waals surface area contributed by atoms with Gasteiger partial charge in [0.05, 0.1) is 22.3 Å². The van der Waals surface area contributed by atoms with Crippen molar-refractivity contribution in [3.63, 3.8) is 0 Å². The van der Waals surface area contributed by atoms with Crippen LogP contribution in [0, 0.1) is 0 Å². The molecule has 142 valence electrons. The third kappa shape index (κ3) is 3.39. The van der Waals surface area contributed by atoms with E-state index in [0.29, 0.717) is 22.2 Å². The third-order valence-electron chi connectivity index (χ3n) is 4.59. The van der Waals surface area contributed by atoms with Gasteiger partial charge < -0.3 is 15.4 Å². The highest BCUT2D eigenvalue weighted by Crippen LogP contribution is 2.26. The van der Waals surface area contributed by atoms with Crippen molar-refractivity contribution in [1.82, 2.24) is 4.98 Å². The van der Waals surface area contributed by atoms with E-state index in [9.17, 15) is 19.5 Å². The first kappa shape index (κ1) is 18.2. The molecule has 6 nitrogen and oxygen atoms in total. The number of hydrogen-bond acceptors (Lipinski definition) is 4. The van der Waals surface area contributed by atoms with Crippen molar-refractivity contribution in [1.29, 1.82) is 0 Å². The lowest BCUT2D eigenvalue weighted by Crippen LogP contribution is -2.27. The summed E-state index contributed by atoms with van der Waals surface area (Å²) >= 11 is 0. The van der Waals surface area contributed by atoms with Crippen LogP contribution in [0.2, 0.25) is 0 Å². The third-order valence-corrected chi connectivity index (χ3v) is 4.59. The van der Waals surface area contributed by atoms with E-state index in [1.807, 2.05) is 0 Å². The lowest BCUT2D eigenvalue weighted by molar-refractivity contribution is -0.112. The van der Waals surface area contributed by atoms with Gasteiger partial charge in [0.2, 0.25) is 5.78 Å². The van der Waals surface area contributed by atoms with E-state index in [1.165, 1.54) is 18.2 Å². The van der Waals surface area contributed by atoms with Crippen molar-refractivity contribution in [2.75, 3.05) is 5.32 Å². The summed E-state index contributed by atoms with van der Waals surface area (Å²) in [7, 11) is 0. The molecule has 6 heteroatoms. The Morgan fingerprint density at radius 3 is 2.48 bits per heavy atom. The van der Waals surface area contributed by atoms with E-state index in [0.717, 1.165) is 0 Å². The number of rotatable bonds is 3. The summed E-state index contributed by atoms with van der Waals surface area (Å²) in [6, 6.07) is 13.8. The minimum Gasteiger partial charge on any atom is -0.506 e. The van der Waals surface area contributed by atoms with Crippen LogP contribution in [-0.2, 0) is 4.79 Å². The number of nitrogens with one attached hydrogen (secondary N) is 2. The van der Waals surface area contributed by atoms with Crippen molar-refractivity contribution in [3.05, 3.63) is 99.9 Å². The highest BCUT2D eigenvalue weighted by atomic mass is 16.3. The standard InChI is InChI=1S/C23H16N2O4/c26-20-14-8-4-6-12-18(14)24-22(28)16(20)10-2-1-3-11-17-21(27)15-9-5-7-13-19(15)25-23(17)29/h1-13H,(H,24,28)(H2,25,27,29)/b2-1?,11-3?,16-10-. The summed E-state index contributed by atoms with van der Waals surface area (Å²) in [6.07, 6.45) is 7.54. The number of aromatic nitrogens is 1. The highest BCUT2D eigenvalue weighted by molar-refractivity contribution is 6.34. The largest absolute Gasteiger partial charge is 0.506 e. The molecule has 1 aliphatic rings. The molecule has 0 radical (unpaired) electrons. The van der Waals surface area contributed by atoms with Crippen molar-refractivity contribution >= 4 is 34.4 Å². The Morgan fingerprint density at radius 2 is 1.62 bits per heavy atom. The fraction of sp³-hybridized carbons (Fsp3) is 0. The summed E-state index contributed by atoms with van der Waals surface area (Å²) < 4.78 is 0. The van der Waals surface area contributed by atoms with Gasteiger partial charge in [-0.25, -0.2) is 0 Å². The van der Waals surface area contributed by atoms with E-state index in [1.54, 1.807) is 60.7 Å². The molecular formula is C23H16N2O4. The molecule has 3 N–H and O–H groups in total. The average molecular weight is 384 g/mol. The Hall–Kier alpha value is -4.19. The number of pyridine rings is 1. The molecule has 0 saturated heterocycles. The summed E-state index contributed by atoms with van der Waals surface area (Å²) in [5.74, 6) is -0.918. The van der Waals surface area contributed by atoms with Crippen molar-refractivity contribution in [2.24, 2.45) is 0 Å². The van der Waals surface area contributed by atoms with Gasteiger partial charge in [0.15, 0.2) is 0 Å². The highest BCUT2D eigenvalue weighted by Gasteiger charge is 2.27. The smallest absolute Gasteiger partial charge is 0.259 e. The number of hydrogen-bond donors (Lipinski definition) is 3. The predicted molar refractivity (Wildman–Crippen MR) is 112 cm³/mol. The Morgan fingerprint density at radius 1 is 0.862 bits per heavy atom. The molecule has 3 aromatic rings. The SMILES string of the molecule is O=C1Nc2ccccc2C(=O)/C1=C/C=CC=Cc1c(O)c2ccccc2[nH]c1=O. The van der Waals surface area contributed by atoms with E-state index >= 15 is 0 Å². The first-order valence-corrected chi connectivity index (χ1v) is 8.90. The molecular weight excluding hydrogens is 368 g/mol. The molecule has 0 spiro atoms. The van der Waals surface area contributed by atoms with Gasteiger partial charge in [-0.1, -0.05) is 42.5 Å². The van der Waals surface area contributed by atoms with Crippen LogP contribution in [0.5, 0.6) is 5.75 Å². The number of anilines is 1. The summed E-state index contributed by atoms with van der Waals surface area (Å²) in [5, 5.41) is 13.6. The van der Waals surface area contributed by atoms with E-state index in [4.69, 9.17) is 0 Å². The van der Waals surface area contributed by atoms with Gasteiger partial charge in [-0.05, 0) is 36.4 Å². The maximum atomic E-state index is 12.5. The zero-order valence-electron chi connectivity index (χ0n) is 15.2. The molecule has 0 saturated carbocycles. The second kappa shape index (κ2) is 7.44. The number of aromatic hydroxyl groups is 1. The van der Waals surface area contributed by atoms with Crippen LogP contribution in [-0.4, -0.2) is 21.8 Å². The van der Waals surface area contributed by atoms with E-state index in [-0.39, 0.29) is 22.7 Å². The Labute approximate surface area is 165 Å². The first-order chi connectivity index (χ1) is 14.1. The summed E-state index contributed by atoms with van der Waals surface area (Å²) in [4.78, 5) is 39.5. The second-order valence-electron chi connectivity index (χ2n) is 6.42. The molecule has 0 atom stereocenters. The Bertz CT molecular complexity index is 1300. The molecule has 0 fully saturated rings. The fourth-order valence-corrected chi connectivity index (χ4v) is 3.14. The van der Waals surface area contributed by atoms with Gasteiger partial charge in [-0.2, -0.15) is 0 Å². The summed E-state index contributed by atoms with van der Waals surface area (Å²) in [6.45, 7) is 0. The number of ketones is 1. The van der Waals surface area contributed by atoms with Crippen LogP contribution in [0.1, 0.15) is 15.9 Å². The van der Waals surface area contributed by atoms with Crippen LogP contribution < -0.4 is 10.9 Å². The Balaban J connectivity index is 1.58. The molecule has 1 aliphatic heterocycles. The quantitative estimate of drug-likeness (QED) is 0.365. The molecule has 0 bridgehead atoms. The number of H-pyrrole nitrogens is 1. The maximum Gasteiger partial charge on any atom is 0.259 e. The number of carbonyl (C=O) groups is 2. The van der Waals surface area contributed by atoms with Crippen LogP contribution in [0.15, 0.2) is 83.2 Å². The van der Waals surface area contributed by atoms with Crippen molar-refractivity contribution in [2.45, 2.75) is 0 Å². The van der Waals surface area contributed by atoms with Gasteiger partial charge in [-0.3, -0.25) is 14.4 Å². The minimum absolute atomic E-state index is 0.0275. The van der Waals surface area contributed by atoms with Gasteiger partial charge in [0.1, 0.15) is 5.75 Å². The summed E-state index contributed by atoms with van der Waals surface area (Å²) in [5.41, 5.74) is 1.22. The van der Waals surface area contributed by atoms with Gasteiger partial charge in [0.25, 0.3) is 11.5 Å². The number of benzene rings is 2. The predicted octanol–water partition coefficient (Wildman–Crippen LogP) is 3.56.